The van der Waals surface area contributed by atoms with Crippen LogP contribution in [0.5, 0.6) is 0 Å². The first-order valence-corrected chi connectivity index (χ1v) is 4.46. The van der Waals surface area contributed by atoms with E-state index in [0.717, 1.165) is 3.70 Å². The summed E-state index contributed by atoms with van der Waals surface area (Å²) in [6.07, 6.45) is 5.22. The van der Waals surface area contributed by atoms with Crippen molar-refractivity contribution in [3.8, 4) is 0 Å². The molecule has 0 amide bonds. The monoisotopic (exact) mass is 275 g/mol. The van der Waals surface area contributed by atoms with Gasteiger partial charge in [0.25, 0.3) is 5.56 Å². The maximum atomic E-state index is 11.4. The van der Waals surface area contributed by atoms with Crippen molar-refractivity contribution in [2.45, 2.75) is 0 Å². The fraction of sp³-hybridized carbons (Fsp3) is 0.143. The summed E-state index contributed by atoms with van der Waals surface area (Å²) in [5, 5.41) is 0. The summed E-state index contributed by atoms with van der Waals surface area (Å²) in [6, 6.07) is 0. The molecule has 0 N–H and O–H groups in total. The van der Waals surface area contributed by atoms with Gasteiger partial charge in [-0.05, 0) is 22.6 Å². The molecule has 4 nitrogen and oxygen atoms in total. The number of imidazole rings is 1. The van der Waals surface area contributed by atoms with Crippen molar-refractivity contribution in [3.05, 3.63) is 32.6 Å². The molecule has 0 saturated heterocycles. The van der Waals surface area contributed by atoms with Gasteiger partial charge in [-0.15, -0.1) is 0 Å². The van der Waals surface area contributed by atoms with Gasteiger partial charge < -0.3 is 4.57 Å². The Bertz CT molecular complexity index is 485. The van der Waals surface area contributed by atoms with Crippen molar-refractivity contribution in [1.82, 2.24) is 14.0 Å². The fourth-order valence-electron chi connectivity index (χ4n) is 1.03. The summed E-state index contributed by atoms with van der Waals surface area (Å²) in [6.45, 7) is 0. The molecule has 62 valence electrons. The van der Waals surface area contributed by atoms with Gasteiger partial charge in [0.2, 0.25) is 5.65 Å². The SMILES string of the molecule is Cn1ccn2c(I)cnc2c1=O. The Morgan fingerprint density at radius 1 is 1.50 bits per heavy atom. The fourth-order valence-corrected chi connectivity index (χ4v) is 1.56. The Hall–Kier alpha value is -0.850. The predicted octanol–water partition coefficient (Wildman–Crippen LogP) is 0.638. The molecule has 0 spiro atoms. The number of hydrogen-bond donors (Lipinski definition) is 0. The van der Waals surface area contributed by atoms with Crippen LogP contribution in [0, 0.1) is 3.70 Å². The molecule has 12 heavy (non-hydrogen) atoms. The lowest BCUT2D eigenvalue weighted by Crippen LogP contribution is -2.18. The molecule has 2 aromatic heterocycles. The van der Waals surface area contributed by atoms with E-state index in [2.05, 4.69) is 27.6 Å². The third kappa shape index (κ3) is 0.961. The molecule has 0 radical (unpaired) electrons. The van der Waals surface area contributed by atoms with Crippen LogP contribution >= 0.6 is 22.6 Å². The highest BCUT2D eigenvalue weighted by Crippen LogP contribution is 2.04. The van der Waals surface area contributed by atoms with E-state index in [1.807, 2.05) is 6.20 Å². The summed E-state index contributed by atoms with van der Waals surface area (Å²) >= 11 is 2.13. The van der Waals surface area contributed by atoms with E-state index in [4.69, 9.17) is 0 Å². The lowest BCUT2D eigenvalue weighted by molar-refractivity contribution is 0.839. The average Bonchev–Trinajstić information content (AvgIpc) is 2.41. The van der Waals surface area contributed by atoms with Gasteiger partial charge in [0.05, 0.1) is 6.20 Å². The van der Waals surface area contributed by atoms with Gasteiger partial charge >= 0.3 is 0 Å². The minimum absolute atomic E-state index is 0.0691. The summed E-state index contributed by atoms with van der Waals surface area (Å²) in [5.41, 5.74) is 0.407. The molecule has 2 aromatic rings. The highest BCUT2D eigenvalue weighted by molar-refractivity contribution is 14.1. The van der Waals surface area contributed by atoms with Crippen LogP contribution in [0.2, 0.25) is 0 Å². The molecule has 0 aromatic carbocycles. The molecule has 0 fully saturated rings. The third-order valence-corrected chi connectivity index (χ3v) is 2.50. The topological polar surface area (TPSA) is 39.3 Å². The number of rotatable bonds is 0. The summed E-state index contributed by atoms with van der Waals surface area (Å²) in [4.78, 5) is 15.4. The van der Waals surface area contributed by atoms with Gasteiger partial charge in [0.1, 0.15) is 3.70 Å². The molecule has 0 aliphatic rings. The highest BCUT2D eigenvalue weighted by Gasteiger charge is 2.03. The van der Waals surface area contributed by atoms with Crippen LogP contribution in [0.4, 0.5) is 0 Å². The van der Waals surface area contributed by atoms with E-state index in [9.17, 15) is 4.79 Å². The van der Waals surface area contributed by atoms with Crippen molar-refractivity contribution >= 4 is 28.2 Å². The Kier molecular flexibility index (Phi) is 1.67. The third-order valence-electron chi connectivity index (χ3n) is 1.70. The van der Waals surface area contributed by atoms with Crippen LogP contribution in [-0.4, -0.2) is 14.0 Å². The van der Waals surface area contributed by atoms with Crippen molar-refractivity contribution in [2.75, 3.05) is 0 Å². The van der Waals surface area contributed by atoms with Crippen molar-refractivity contribution in [1.29, 1.82) is 0 Å². The zero-order valence-electron chi connectivity index (χ0n) is 6.36. The first-order chi connectivity index (χ1) is 5.70. The molecule has 0 bridgehead atoms. The molecular formula is C7H6IN3O. The van der Waals surface area contributed by atoms with Gasteiger partial charge in [-0.1, -0.05) is 0 Å². The lowest BCUT2D eigenvalue weighted by atomic mass is 10.6. The lowest BCUT2D eigenvalue weighted by Gasteiger charge is -1.97. The molecular weight excluding hydrogens is 269 g/mol. The number of fused-ring (bicyclic) bond motifs is 1. The van der Waals surface area contributed by atoms with E-state index in [-0.39, 0.29) is 5.56 Å². The van der Waals surface area contributed by atoms with Gasteiger partial charge in [-0.2, -0.15) is 0 Å². The smallest absolute Gasteiger partial charge is 0.293 e. The minimum atomic E-state index is -0.0691. The molecule has 0 aliphatic heterocycles. The van der Waals surface area contributed by atoms with Gasteiger partial charge in [-0.3, -0.25) is 9.20 Å². The zero-order valence-corrected chi connectivity index (χ0v) is 8.52. The van der Waals surface area contributed by atoms with Crippen LogP contribution in [0.1, 0.15) is 0 Å². The molecule has 2 heterocycles. The molecule has 0 saturated carbocycles. The van der Waals surface area contributed by atoms with Gasteiger partial charge in [-0.25, -0.2) is 4.98 Å². The second-order valence-electron chi connectivity index (χ2n) is 2.49. The molecule has 0 unspecified atom stereocenters. The van der Waals surface area contributed by atoms with Crippen LogP contribution in [0.3, 0.4) is 0 Å². The van der Waals surface area contributed by atoms with Gasteiger partial charge in [0.15, 0.2) is 0 Å². The van der Waals surface area contributed by atoms with E-state index < -0.39 is 0 Å². The van der Waals surface area contributed by atoms with E-state index in [0.29, 0.717) is 5.65 Å². The molecule has 0 atom stereocenters. The largest absolute Gasteiger partial charge is 0.314 e. The molecule has 5 heteroatoms. The Balaban J connectivity index is 3.03. The van der Waals surface area contributed by atoms with Crippen LogP contribution in [-0.2, 0) is 7.05 Å². The van der Waals surface area contributed by atoms with Gasteiger partial charge in [0, 0.05) is 19.4 Å². The van der Waals surface area contributed by atoms with E-state index >= 15 is 0 Å². The normalized spacial score (nSPS) is 10.8. The minimum Gasteiger partial charge on any atom is -0.314 e. The molecule has 0 aliphatic carbocycles. The number of aryl methyl sites for hydroxylation is 1. The average molecular weight is 275 g/mol. The van der Waals surface area contributed by atoms with Crippen LogP contribution in [0.15, 0.2) is 23.4 Å². The number of aromatic nitrogens is 3. The van der Waals surface area contributed by atoms with Crippen molar-refractivity contribution in [3.63, 3.8) is 0 Å². The predicted molar refractivity (Wildman–Crippen MR) is 53.2 cm³/mol. The first kappa shape index (κ1) is 7.78. The second-order valence-corrected chi connectivity index (χ2v) is 3.59. The Morgan fingerprint density at radius 2 is 2.25 bits per heavy atom. The number of halogens is 1. The van der Waals surface area contributed by atoms with Crippen molar-refractivity contribution < 1.29 is 0 Å². The maximum Gasteiger partial charge on any atom is 0.293 e. The highest BCUT2D eigenvalue weighted by atomic mass is 127. The second kappa shape index (κ2) is 2.58. The summed E-state index contributed by atoms with van der Waals surface area (Å²) in [7, 11) is 1.71. The van der Waals surface area contributed by atoms with Crippen LogP contribution < -0.4 is 5.56 Å². The quantitative estimate of drug-likeness (QED) is 0.662. The van der Waals surface area contributed by atoms with Crippen molar-refractivity contribution in [2.24, 2.45) is 7.05 Å². The number of nitrogens with zero attached hydrogens (tertiary/aromatic N) is 3. The number of hydrogen-bond acceptors (Lipinski definition) is 2. The Labute approximate surface area is 82.0 Å². The van der Waals surface area contributed by atoms with E-state index in [1.54, 1.807) is 23.8 Å². The Morgan fingerprint density at radius 3 is 3.00 bits per heavy atom. The maximum absolute atomic E-state index is 11.4. The standard InChI is InChI=1S/C7H6IN3O/c1-10-2-3-11-5(8)4-9-6(11)7(10)12/h2-4H,1H3. The molecule has 2 rings (SSSR count). The summed E-state index contributed by atoms with van der Waals surface area (Å²) < 4.78 is 4.22. The summed E-state index contributed by atoms with van der Waals surface area (Å²) in [5.74, 6) is 0. The van der Waals surface area contributed by atoms with Crippen LogP contribution in [0.25, 0.3) is 5.65 Å². The first-order valence-electron chi connectivity index (χ1n) is 3.38. The zero-order chi connectivity index (χ0) is 8.72. The van der Waals surface area contributed by atoms with E-state index in [1.165, 1.54) is 4.57 Å².